The molecule has 12 aromatic carbocycles. The quantitative estimate of drug-likeness (QED) is 0.166. The van der Waals surface area contributed by atoms with Gasteiger partial charge in [-0.1, -0.05) is 221 Å². The van der Waals surface area contributed by atoms with Crippen molar-refractivity contribution in [2.45, 2.75) is 25.7 Å². The van der Waals surface area contributed by atoms with Crippen LogP contribution < -0.4 is 15.3 Å². The monoisotopic (exact) mass is 1100 g/mol. The van der Waals surface area contributed by atoms with Crippen LogP contribution in [0.15, 0.2) is 300 Å². The highest BCUT2D eigenvalue weighted by Gasteiger charge is 2.36. The summed E-state index contributed by atoms with van der Waals surface area (Å²) >= 11 is 0. The molecular weight excluding hydrogens is 1040 g/mol. The fourth-order valence-corrected chi connectivity index (χ4v) is 13.0. The number of rotatable bonds is 6. The topological polar surface area (TPSA) is 34.5 Å². The Kier molecular flexibility index (Phi) is 12.7. The van der Waals surface area contributed by atoms with Crippen LogP contribution in [0.2, 0.25) is 0 Å². The molecule has 0 N–H and O–H groups in total. The van der Waals surface area contributed by atoms with Crippen LogP contribution in [0.1, 0.15) is 31.4 Å². The van der Waals surface area contributed by atoms with E-state index in [4.69, 9.17) is 8.83 Å². The summed E-state index contributed by atoms with van der Waals surface area (Å²) in [4.78, 5) is 2.41. The van der Waals surface area contributed by atoms with Crippen LogP contribution in [0, 0.1) is 0 Å². The van der Waals surface area contributed by atoms with Crippen molar-refractivity contribution in [1.29, 1.82) is 0 Å². The normalized spacial score (nSPS) is 13.1. The lowest BCUT2D eigenvalue weighted by Crippen LogP contribution is -2.20. The third-order valence-electron chi connectivity index (χ3n) is 17.5. The van der Waals surface area contributed by atoms with E-state index in [1.807, 2.05) is 54.6 Å². The average Bonchev–Trinajstić information content (AvgIpc) is 1.84. The zero-order valence-corrected chi connectivity index (χ0v) is 48.1. The van der Waals surface area contributed by atoms with Gasteiger partial charge in [-0.05, 0) is 159 Å². The minimum Gasteiger partial charge on any atom is -0.455 e. The maximum atomic E-state index is 6.55. The molecule has 3 heterocycles. The van der Waals surface area contributed by atoms with Crippen LogP contribution >= 0.6 is 0 Å². The van der Waals surface area contributed by atoms with Gasteiger partial charge in [-0.25, -0.2) is 0 Å². The first kappa shape index (κ1) is 51.9. The van der Waals surface area contributed by atoms with Gasteiger partial charge in [0.2, 0.25) is 0 Å². The van der Waals surface area contributed by atoms with Crippen LogP contribution in [0.5, 0.6) is 0 Å². The molecule has 0 bridgehead atoms. The van der Waals surface area contributed by atoms with E-state index >= 15 is 0 Å². The summed E-state index contributed by atoms with van der Waals surface area (Å²) in [7, 11) is 0. The van der Waals surface area contributed by atoms with E-state index in [-0.39, 0.29) is 5.41 Å². The van der Waals surface area contributed by atoms with Crippen molar-refractivity contribution in [3.05, 3.63) is 313 Å². The molecule has 4 nitrogen and oxygen atoms in total. The van der Waals surface area contributed by atoms with E-state index in [0.29, 0.717) is 0 Å². The number of hydrogen-bond acceptors (Lipinski definition) is 3. The van der Waals surface area contributed by atoms with Crippen LogP contribution in [0.3, 0.4) is 0 Å². The fraction of sp³-hybridized carbons (Fsp3) is 0.0488. The van der Waals surface area contributed by atoms with Crippen molar-refractivity contribution in [2.75, 3.05) is 4.90 Å². The molecule has 0 saturated heterocycles. The summed E-state index contributed by atoms with van der Waals surface area (Å²) in [5, 5.41) is 11.0. The van der Waals surface area contributed by atoms with Crippen molar-refractivity contribution >= 4 is 107 Å². The Hall–Kier alpha value is -10.9. The minimum absolute atomic E-state index is 0.114. The van der Waals surface area contributed by atoms with Crippen LogP contribution in [-0.2, 0) is 5.41 Å². The molecule has 4 heteroatoms. The summed E-state index contributed by atoms with van der Waals surface area (Å²) in [5.41, 5.74) is 21.6. The number of anilines is 3. The minimum atomic E-state index is -0.114. The molecule has 2 aliphatic carbocycles. The smallest absolute Gasteiger partial charge is 0.143 e. The number of hydrogen-bond donors (Lipinski definition) is 0. The van der Waals surface area contributed by atoms with Crippen molar-refractivity contribution in [3.63, 3.8) is 0 Å². The number of benzene rings is 12. The number of furan rings is 2. The molecule has 0 atom stereocenters. The number of fused-ring (bicyclic) bond motifs is 14. The molecule has 0 fully saturated rings. The van der Waals surface area contributed by atoms with Crippen molar-refractivity contribution in [1.82, 2.24) is 4.57 Å². The second kappa shape index (κ2) is 21.0. The van der Waals surface area contributed by atoms with Gasteiger partial charge in [0.1, 0.15) is 22.3 Å². The predicted octanol–water partition coefficient (Wildman–Crippen LogP) is 21.4. The standard InChI is InChI=1S/C61H42N2O.C14H10O.C7H8/c1-61(2)55-22-11-9-20-48(55)49-32-30-47(37-56(49)61)62(46-19-13-16-41(34-46)39-14-5-3-6-15-39)45-28-24-40(25-29-45)42-27-33-57-53(35-42)54-36-43-26-31-51-50-21-10-12-23-59(50)64-60(51)52(43)38-58(54)63(57)44-17-7-4-8-18-44;1-9-7-8-12-11-5-3-4-6-13(11)15-14(12)10(9)2;1-7-5-3-2-4-6-7/h3-38H,1-2H3;3-8H,1-2H2;2-5H,1,6H2. The van der Waals surface area contributed by atoms with Crippen LogP contribution in [0.25, 0.3) is 129 Å². The lowest BCUT2D eigenvalue weighted by molar-refractivity contribution is 0.660. The molecule has 0 spiro atoms. The summed E-state index contributed by atoms with van der Waals surface area (Å²) in [5.74, 6) is 0. The first-order valence-electron chi connectivity index (χ1n) is 29.4. The Morgan fingerprint density at radius 3 is 1.76 bits per heavy atom. The van der Waals surface area contributed by atoms with E-state index < -0.39 is 0 Å². The Bertz CT molecular complexity index is 5340. The SMILES string of the molecule is C=C1C=CC=CC1.C=c1ccc2c(oc3ccccc32)c1=C.CC1(C)c2ccccc2-c2ccc(N(c3ccc(-c4ccc5c(c4)c4cc6ccc7c8ccccc8oc7c6cc4n5-c4ccccc4)cc3)c3cccc(-c4ccccc4)c3)cc21. The fourth-order valence-electron chi connectivity index (χ4n) is 13.0. The molecule has 86 heavy (non-hydrogen) atoms. The lowest BCUT2D eigenvalue weighted by atomic mass is 9.82. The molecule has 0 saturated carbocycles. The molecule has 2 aliphatic rings. The van der Waals surface area contributed by atoms with Gasteiger partial charge in [0.25, 0.3) is 0 Å². The molecule has 410 valence electrons. The van der Waals surface area contributed by atoms with E-state index in [9.17, 15) is 0 Å². The van der Waals surface area contributed by atoms with E-state index in [1.165, 1.54) is 66.4 Å². The zero-order chi connectivity index (χ0) is 58.0. The first-order chi connectivity index (χ1) is 42.1. The maximum Gasteiger partial charge on any atom is 0.143 e. The highest BCUT2D eigenvalue weighted by molar-refractivity contribution is 6.21. The molecule has 0 amide bonds. The second-order valence-electron chi connectivity index (χ2n) is 23.1. The first-order valence-corrected chi connectivity index (χ1v) is 29.4. The molecule has 17 rings (SSSR count). The van der Waals surface area contributed by atoms with Crippen LogP contribution in [-0.4, -0.2) is 4.57 Å². The van der Waals surface area contributed by atoms with Gasteiger partial charge in [0.15, 0.2) is 0 Å². The predicted molar refractivity (Wildman–Crippen MR) is 365 cm³/mol. The van der Waals surface area contributed by atoms with Gasteiger partial charge in [-0.15, -0.1) is 0 Å². The zero-order valence-electron chi connectivity index (χ0n) is 48.1. The third-order valence-corrected chi connectivity index (χ3v) is 17.5. The highest BCUT2D eigenvalue weighted by Crippen LogP contribution is 2.51. The van der Waals surface area contributed by atoms with Gasteiger partial charge in [0.05, 0.1) is 11.0 Å². The van der Waals surface area contributed by atoms with Gasteiger partial charge in [-0.2, -0.15) is 0 Å². The summed E-state index contributed by atoms with van der Waals surface area (Å²) in [6.07, 6.45) is 9.19. The second-order valence-corrected chi connectivity index (χ2v) is 23.1. The Morgan fingerprint density at radius 2 is 1.01 bits per heavy atom. The highest BCUT2D eigenvalue weighted by atomic mass is 16.3. The molecular formula is C82H60N2O2. The van der Waals surface area contributed by atoms with Gasteiger partial charge < -0.3 is 18.3 Å². The van der Waals surface area contributed by atoms with E-state index in [1.54, 1.807) is 0 Å². The van der Waals surface area contributed by atoms with E-state index in [0.717, 1.165) is 99.8 Å². The number of allylic oxidation sites excluding steroid dienone is 5. The molecule has 3 aromatic heterocycles. The van der Waals surface area contributed by atoms with Crippen molar-refractivity contribution < 1.29 is 8.83 Å². The summed E-state index contributed by atoms with van der Waals surface area (Å²) < 4.78 is 14.7. The van der Waals surface area contributed by atoms with E-state index in [2.05, 4.69) is 268 Å². The Labute approximate surface area is 499 Å². The summed E-state index contributed by atoms with van der Waals surface area (Å²) in [6.45, 7) is 16.4. The largest absolute Gasteiger partial charge is 0.455 e. The molecule has 15 aromatic rings. The molecule has 0 unspecified atom stereocenters. The van der Waals surface area contributed by atoms with Crippen molar-refractivity contribution in [2.24, 2.45) is 0 Å². The summed E-state index contributed by atoms with van der Waals surface area (Å²) in [6, 6.07) is 91.7. The average molecular weight is 1110 g/mol. The van der Waals surface area contributed by atoms with Gasteiger partial charge in [0, 0.05) is 71.1 Å². The number of aromatic nitrogens is 1. The lowest BCUT2D eigenvalue weighted by Gasteiger charge is -2.28. The number of nitrogens with zero attached hydrogens (tertiary/aromatic N) is 2. The Morgan fingerprint density at radius 1 is 0.407 bits per heavy atom. The maximum absolute atomic E-state index is 6.55. The number of para-hydroxylation sites is 3. The van der Waals surface area contributed by atoms with Gasteiger partial charge in [-0.3, -0.25) is 0 Å². The third kappa shape index (κ3) is 8.93. The molecule has 0 aliphatic heterocycles. The van der Waals surface area contributed by atoms with Crippen molar-refractivity contribution in [3.8, 4) is 39.1 Å². The van der Waals surface area contributed by atoms with Gasteiger partial charge >= 0.3 is 0 Å². The molecule has 0 radical (unpaired) electrons. The van der Waals surface area contributed by atoms with Crippen LogP contribution in [0.4, 0.5) is 17.1 Å². The Balaban J connectivity index is 0.000000236.